The van der Waals surface area contributed by atoms with Gasteiger partial charge in [-0.2, -0.15) is 0 Å². The van der Waals surface area contributed by atoms with Crippen LogP contribution < -0.4 is 4.57 Å². The van der Waals surface area contributed by atoms with Crippen LogP contribution in [-0.4, -0.2) is 9.97 Å². The largest absolute Gasteiger partial charge is 0.286 e. The van der Waals surface area contributed by atoms with E-state index in [2.05, 4.69) is 90.9 Å². The summed E-state index contributed by atoms with van der Waals surface area (Å²) >= 11 is 0. The lowest BCUT2D eigenvalue weighted by atomic mass is 9.89. The maximum atomic E-state index is 4.49. The SMILES string of the molecule is Cc1cnccc1-c1c(-c2c(C)cc(-c3ccccc3)cc2C)cnc[n+]1C. The Kier molecular flexibility index (Phi) is 4.74. The van der Waals surface area contributed by atoms with Gasteiger partial charge in [0, 0.05) is 18.0 Å². The van der Waals surface area contributed by atoms with E-state index in [0.29, 0.717) is 0 Å². The van der Waals surface area contributed by atoms with Crippen molar-refractivity contribution in [3.8, 4) is 33.5 Å². The maximum absolute atomic E-state index is 4.49. The summed E-state index contributed by atoms with van der Waals surface area (Å²) < 4.78 is 2.10. The molecule has 0 radical (unpaired) electrons. The van der Waals surface area contributed by atoms with E-state index in [1.807, 2.05) is 24.9 Å². The number of hydrogen-bond donors (Lipinski definition) is 0. The van der Waals surface area contributed by atoms with Gasteiger partial charge in [0.15, 0.2) is 6.20 Å². The van der Waals surface area contributed by atoms with Crippen LogP contribution in [-0.2, 0) is 7.05 Å². The number of rotatable bonds is 3. The predicted octanol–water partition coefficient (Wildman–Crippen LogP) is 5.23. The molecule has 2 heterocycles. The molecule has 0 spiro atoms. The lowest BCUT2D eigenvalue weighted by molar-refractivity contribution is -0.663. The zero-order valence-electron chi connectivity index (χ0n) is 16.8. The summed E-state index contributed by atoms with van der Waals surface area (Å²) in [4.78, 5) is 8.74. The first kappa shape index (κ1) is 18.1. The van der Waals surface area contributed by atoms with Crippen LogP contribution in [0.5, 0.6) is 0 Å². The van der Waals surface area contributed by atoms with Crippen LogP contribution in [0.4, 0.5) is 0 Å². The summed E-state index contributed by atoms with van der Waals surface area (Å²) in [5, 5.41) is 0. The molecular formula is C25H24N3+. The van der Waals surface area contributed by atoms with E-state index in [-0.39, 0.29) is 0 Å². The molecule has 28 heavy (non-hydrogen) atoms. The molecule has 0 saturated heterocycles. The summed E-state index contributed by atoms with van der Waals surface area (Å²) in [5.74, 6) is 0. The molecule has 0 aliphatic rings. The maximum Gasteiger partial charge on any atom is 0.286 e. The molecule has 0 aliphatic heterocycles. The molecule has 2 aromatic heterocycles. The van der Waals surface area contributed by atoms with Crippen molar-refractivity contribution in [2.75, 3.05) is 0 Å². The molecule has 2 aromatic carbocycles. The van der Waals surface area contributed by atoms with Gasteiger partial charge in [0.05, 0.1) is 12.6 Å². The molecule has 0 aliphatic carbocycles. The van der Waals surface area contributed by atoms with E-state index in [1.165, 1.54) is 33.4 Å². The van der Waals surface area contributed by atoms with Crippen LogP contribution in [0.15, 0.2) is 73.4 Å². The summed E-state index contributed by atoms with van der Waals surface area (Å²) in [5.41, 5.74) is 10.9. The molecule has 4 aromatic rings. The van der Waals surface area contributed by atoms with Gasteiger partial charge < -0.3 is 0 Å². The first-order valence-electron chi connectivity index (χ1n) is 9.48. The summed E-state index contributed by atoms with van der Waals surface area (Å²) in [6, 6.07) is 17.2. The van der Waals surface area contributed by atoms with Crippen molar-refractivity contribution in [1.29, 1.82) is 0 Å². The van der Waals surface area contributed by atoms with Gasteiger partial charge in [-0.05, 0) is 60.2 Å². The third-order valence-electron chi connectivity index (χ3n) is 5.24. The summed E-state index contributed by atoms with van der Waals surface area (Å²) in [7, 11) is 2.05. The van der Waals surface area contributed by atoms with Crippen LogP contribution in [0.25, 0.3) is 33.5 Å². The quantitative estimate of drug-likeness (QED) is 0.465. The van der Waals surface area contributed by atoms with Crippen molar-refractivity contribution < 1.29 is 4.57 Å². The second-order valence-corrected chi connectivity index (χ2v) is 7.31. The topological polar surface area (TPSA) is 29.7 Å². The second-order valence-electron chi connectivity index (χ2n) is 7.31. The fourth-order valence-electron chi connectivity index (χ4n) is 3.96. The van der Waals surface area contributed by atoms with Crippen molar-refractivity contribution >= 4 is 0 Å². The molecule has 0 unspecified atom stereocenters. The fraction of sp³-hybridized carbons (Fsp3) is 0.160. The van der Waals surface area contributed by atoms with E-state index in [4.69, 9.17) is 0 Å². The minimum absolute atomic E-state index is 1.15. The molecule has 0 amide bonds. The fourth-order valence-corrected chi connectivity index (χ4v) is 3.96. The van der Waals surface area contributed by atoms with Crippen LogP contribution in [0.1, 0.15) is 16.7 Å². The van der Waals surface area contributed by atoms with Crippen molar-refractivity contribution in [1.82, 2.24) is 9.97 Å². The first-order valence-corrected chi connectivity index (χ1v) is 9.48. The van der Waals surface area contributed by atoms with Gasteiger partial charge in [-0.25, -0.2) is 4.57 Å². The number of pyridine rings is 1. The number of benzene rings is 2. The lowest BCUT2D eigenvalue weighted by Crippen LogP contribution is -2.32. The lowest BCUT2D eigenvalue weighted by Gasteiger charge is -2.16. The average molecular weight is 366 g/mol. The molecule has 3 nitrogen and oxygen atoms in total. The second kappa shape index (κ2) is 7.35. The third kappa shape index (κ3) is 3.20. The van der Waals surface area contributed by atoms with Gasteiger partial charge in [-0.1, -0.05) is 47.4 Å². The number of aryl methyl sites for hydroxylation is 4. The Hall–Kier alpha value is -3.33. The smallest absolute Gasteiger partial charge is 0.264 e. The Morgan fingerprint density at radius 3 is 2.11 bits per heavy atom. The highest BCUT2D eigenvalue weighted by Gasteiger charge is 2.21. The van der Waals surface area contributed by atoms with E-state index in [9.17, 15) is 0 Å². The van der Waals surface area contributed by atoms with Crippen molar-refractivity contribution in [2.45, 2.75) is 20.8 Å². The highest BCUT2D eigenvalue weighted by Crippen LogP contribution is 2.36. The van der Waals surface area contributed by atoms with Crippen LogP contribution in [0.2, 0.25) is 0 Å². The van der Waals surface area contributed by atoms with Gasteiger partial charge >= 0.3 is 0 Å². The van der Waals surface area contributed by atoms with Crippen LogP contribution >= 0.6 is 0 Å². The van der Waals surface area contributed by atoms with E-state index >= 15 is 0 Å². The highest BCUT2D eigenvalue weighted by molar-refractivity contribution is 5.84. The van der Waals surface area contributed by atoms with Gasteiger partial charge in [-0.3, -0.25) is 4.98 Å². The standard InChI is InChI=1S/C25H24N3/c1-17-12-21(20-8-6-5-7-9-20)13-18(2)24(17)23-15-27-16-28(4)25(23)22-10-11-26-14-19(22)3/h5-16H,1-4H3/q+1. The molecule has 0 atom stereocenters. The third-order valence-corrected chi connectivity index (χ3v) is 5.24. The summed E-state index contributed by atoms with van der Waals surface area (Å²) in [6.45, 7) is 6.47. The van der Waals surface area contributed by atoms with Gasteiger partial charge in [-0.15, -0.1) is 0 Å². The van der Waals surface area contributed by atoms with E-state index in [0.717, 1.165) is 16.8 Å². The minimum atomic E-state index is 1.15. The monoisotopic (exact) mass is 366 g/mol. The molecule has 0 N–H and O–H groups in total. The van der Waals surface area contributed by atoms with E-state index in [1.54, 1.807) is 0 Å². The molecule has 3 heteroatoms. The first-order chi connectivity index (χ1) is 13.6. The summed E-state index contributed by atoms with van der Waals surface area (Å²) in [6.07, 6.45) is 7.61. The molecule has 0 fully saturated rings. The van der Waals surface area contributed by atoms with Gasteiger partial charge in [0.25, 0.3) is 6.33 Å². The molecule has 0 bridgehead atoms. The normalized spacial score (nSPS) is 10.9. The molecule has 4 rings (SSSR count). The van der Waals surface area contributed by atoms with Gasteiger partial charge in [0.1, 0.15) is 5.69 Å². The van der Waals surface area contributed by atoms with E-state index < -0.39 is 0 Å². The molecule has 0 saturated carbocycles. The van der Waals surface area contributed by atoms with Crippen molar-refractivity contribution in [3.63, 3.8) is 0 Å². The predicted molar refractivity (Wildman–Crippen MR) is 114 cm³/mol. The minimum Gasteiger partial charge on any atom is -0.264 e. The van der Waals surface area contributed by atoms with Gasteiger partial charge in [0.2, 0.25) is 0 Å². The van der Waals surface area contributed by atoms with Crippen LogP contribution in [0, 0.1) is 20.8 Å². The van der Waals surface area contributed by atoms with Crippen LogP contribution in [0.3, 0.4) is 0 Å². The zero-order valence-corrected chi connectivity index (χ0v) is 16.8. The number of hydrogen-bond acceptors (Lipinski definition) is 2. The zero-order chi connectivity index (χ0) is 19.7. The Morgan fingerprint density at radius 1 is 0.714 bits per heavy atom. The Balaban J connectivity index is 1.94. The Labute approximate surface area is 166 Å². The Bertz CT molecular complexity index is 1120. The molecular weight excluding hydrogens is 342 g/mol. The van der Waals surface area contributed by atoms with Crippen molar-refractivity contribution in [2.24, 2.45) is 7.05 Å². The van der Waals surface area contributed by atoms with Crippen molar-refractivity contribution in [3.05, 3.63) is 90.1 Å². The average Bonchev–Trinajstić information content (AvgIpc) is 2.69. The molecule has 138 valence electrons. The number of nitrogens with zero attached hydrogens (tertiary/aromatic N) is 3. The number of aromatic nitrogens is 3. The highest BCUT2D eigenvalue weighted by atomic mass is 15.0. The Morgan fingerprint density at radius 2 is 1.43 bits per heavy atom.